The number of benzene rings is 1. The Labute approximate surface area is 142 Å². The van der Waals surface area contributed by atoms with E-state index in [4.69, 9.17) is 9.47 Å². The van der Waals surface area contributed by atoms with Crippen molar-refractivity contribution in [2.75, 3.05) is 13.7 Å². The van der Waals surface area contributed by atoms with E-state index in [-0.39, 0.29) is 24.3 Å². The molecular weight excluding hydrogens is 308 g/mol. The zero-order valence-electron chi connectivity index (χ0n) is 14.5. The van der Waals surface area contributed by atoms with Crippen LogP contribution in [0, 0.1) is 5.41 Å². The molecule has 2 atom stereocenters. The first-order chi connectivity index (χ1) is 11.4. The SMILES string of the molecule is CCOC(=O)C1(Cc2ccc(C(C)C(=O)OC)cc2)CCCC1=O. The summed E-state index contributed by atoms with van der Waals surface area (Å²) in [4.78, 5) is 36.3. The molecule has 2 unspecified atom stereocenters. The predicted molar refractivity (Wildman–Crippen MR) is 88.5 cm³/mol. The number of rotatable bonds is 6. The molecule has 1 aliphatic rings. The Balaban J connectivity index is 2.20. The van der Waals surface area contributed by atoms with Crippen molar-refractivity contribution in [3.05, 3.63) is 35.4 Å². The second-order valence-corrected chi connectivity index (χ2v) is 6.24. The molecule has 0 amide bonds. The smallest absolute Gasteiger partial charge is 0.319 e. The monoisotopic (exact) mass is 332 g/mol. The second-order valence-electron chi connectivity index (χ2n) is 6.24. The Morgan fingerprint density at radius 3 is 2.42 bits per heavy atom. The summed E-state index contributed by atoms with van der Waals surface area (Å²) in [6.07, 6.45) is 2.02. The Bertz CT molecular complexity index is 619. The molecule has 0 bridgehead atoms. The minimum Gasteiger partial charge on any atom is -0.469 e. The van der Waals surface area contributed by atoms with Crippen LogP contribution in [0.25, 0.3) is 0 Å². The van der Waals surface area contributed by atoms with Crippen LogP contribution >= 0.6 is 0 Å². The molecule has 5 nitrogen and oxygen atoms in total. The molecule has 0 spiro atoms. The summed E-state index contributed by atoms with van der Waals surface area (Å²) >= 11 is 0. The lowest BCUT2D eigenvalue weighted by atomic mass is 9.79. The molecule has 0 aromatic heterocycles. The molecule has 0 N–H and O–H groups in total. The van der Waals surface area contributed by atoms with Crippen LogP contribution in [0.4, 0.5) is 0 Å². The average Bonchev–Trinajstić information content (AvgIpc) is 2.96. The topological polar surface area (TPSA) is 69.7 Å². The van der Waals surface area contributed by atoms with Gasteiger partial charge in [0.1, 0.15) is 5.41 Å². The number of Topliss-reactive ketones (excluding diaryl/α,β-unsaturated/α-hetero) is 1. The van der Waals surface area contributed by atoms with Crippen LogP contribution in [0.1, 0.15) is 50.2 Å². The van der Waals surface area contributed by atoms with Gasteiger partial charge in [-0.25, -0.2) is 0 Å². The highest BCUT2D eigenvalue weighted by Gasteiger charge is 2.49. The third-order valence-electron chi connectivity index (χ3n) is 4.75. The van der Waals surface area contributed by atoms with E-state index in [1.165, 1.54) is 7.11 Å². The van der Waals surface area contributed by atoms with Crippen LogP contribution < -0.4 is 0 Å². The zero-order valence-corrected chi connectivity index (χ0v) is 14.5. The fraction of sp³-hybridized carbons (Fsp3) is 0.526. The minimum absolute atomic E-state index is 0.0343. The molecule has 1 saturated carbocycles. The van der Waals surface area contributed by atoms with Crippen LogP contribution in [0.3, 0.4) is 0 Å². The van der Waals surface area contributed by atoms with Crippen molar-refractivity contribution in [1.82, 2.24) is 0 Å². The predicted octanol–water partition coefficient (Wildman–Crippen LogP) is 2.81. The summed E-state index contributed by atoms with van der Waals surface area (Å²) in [6.45, 7) is 3.79. The zero-order chi connectivity index (χ0) is 17.7. The van der Waals surface area contributed by atoms with E-state index >= 15 is 0 Å². The molecule has 1 aromatic carbocycles. The van der Waals surface area contributed by atoms with Gasteiger partial charge in [0.15, 0.2) is 5.78 Å². The van der Waals surface area contributed by atoms with E-state index in [9.17, 15) is 14.4 Å². The normalized spacial score (nSPS) is 21.4. The summed E-state index contributed by atoms with van der Waals surface area (Å²) in [5, 5.41) is 0. The highest BCUT2D eigenvalue weighted by Crippen LogP contribution is 2.39. The fourth-order valence-corrected chi connectivity index (χ4v) is 3.26. The maximum Gasteiger partial charge on any atom is 0.319 e. The van der Waals surface area contributed by atoms with Crippen LogP contribution in [0.5, 0.6) is 0 Å². The Morgan fingerprint density at radius 1 is 1.25 bits per heavy atom. The van der Waals surface area contributed by atoms with E-state index in [2.05, 4.69) is 0 Å². The molecule has 130 valence electrons. The Hall–Kier alpha value is -2.17. The standard InChI is InChI=1S/C19H24O5/c1-4-24-18(22)19(11-5-6-16(19)20)12-14-7-9-15(10-8-14)13(2)17(21)23-3/h7-10,13H,4-6,11-12H2,1-3H3. The largest absolute Gasteiger partial charge is 0.469 e. The first kappa shape index (κ1) is 18.2. The number of hydrogen-bond donors (Lipinski definition) is 0. The third-order valence-corrected chi connectivity index (χ3v) is 4.75. The van der Waals surface area contributed by atoms with Crippen LogP contribution in [-0.4, -0.2) is 31.4 Å². The fourth-order valence-electron chi connectivity index (χ4n) is 3.26. The molecular formula is C19H24O5. The lowest BCUT2D eigenvalue weighted by molar-refractivity contribution is -0.158. The maximum atomic E-state index is 12.4. The molecule has 0 heterocycles. The van der Waals surface area contributed by atoms with Crippen molar-refractivity contribution in [3.8, 4) is 0 Å². The number of esters is 2. The number of ether oxygens (including phenoxy) is 2. The number of ketones is 1. The van der Waals surface area contributed by atoms with Gasteiger partial charge < -0.3 is 9.47 Å². The first-order valence-corrected chi connectivity index (χ1v) is 8.31. The quantitative estimate of drug-likeness (QED) is 0.592. The lowest BCUT2D eigenvalue weighted by Crippen LogP contribution is -2.39. The van der Waals surface area contributed by atoms with Crippen molar-refractivity contribution in [3.63, 3.8) is 0 Å². The van der Waals surface area contributed by atoms with Crippen LogP contribution in [0.2, 0.25) is 0 Å². The number of carbonyl (C=O) groups excluding carboxylic acids is 3. The highest BCUT2D eigenvalue weighted by molar-refractivity contribution is 6.05. The van der Waals surface area contributed by atoms with E-state index in [1.54, 1.807) is 13.8 Å². The molecule has 5 heteroatoms. The van der Waals surface area contributed by atoms with Gasteiger partial charge >= 0.3 is 11.9 Å². The highest BCUT2D eigenvalue weighted by atomic mass is 16.5. The molecule has 0 aliphatic heterocycles. The summed E-state index contributed by atoms with van der Waals surface area (Å²) in [7, 11) is 1.36. The number of hydrogen-bond acceptors (Lipinski definition) is 5. The molecule has 24 heavy (non-hydrogen) atoms. The van der Waals surface area contributed by atoms with Crippen molar-refractivity contribution in [2.45, 2.75) is 45.4 Å². The van der Waals surface area contributed by atoms with Crippen molar-refractivity contribution >= 4 is 17.7 Å². The van der Waals surface area contributed by atoms with Crippen LogP contribution in [-0.2, 0) is 30.3 Å². The summed E-state index contributed by atoms with van der Waals surface area (Å²) in [5.74, 6) is -1.10. The summed E-state index contributed by atoms with van der Waals surface area (Å²) < 4.78 is 9.91. The van der Waals surface area contributed by atoms with Gasteiger partial charge in [-0.2, -0.15) is 0 Å². The first-order valence-electron chi connectivity index (χ1n) is 8.31. The van der Waals surface area contributed by atoms with Gasteiger partial charge in [0.25, 0.3) is 0 Å². The Kier molecular flexibility index (Phi) is 5.75. The number of methoxy groups -OCH3 is 1. The number of carbonyl (C=O) groups is 3. The van der Waals surface area contributed by atoms with E-state index in [1.807, 2.05) is 24.3 Å². The second kappa shape index (κ2) is 7.60. The van der Waals surface area contributed by atoms with Gasteiger partial charge in [0.2, 0.25) is 0 Å². The van der Waals surface area contributed by atoms with E-state index < -0.39 is 11.4 Å². The van der Waals surface area contributed by atoms with Gasteiger partial charge in [-0.1, -0.05) is 24.3 Å². The molecule has 1 aromatic rings. The van der Waals surface area contributed by atoms with E-state index in [0.717, 1.165) is 17.5 Å². The molecule has 1 aliphatic carbocycles. The van der Waals surface area contributed by atoms with Gasteiger partial charge in [-0.05, 0) is 44.2 Å². The third kappa shape index (κ3) is 3.50. The van der Waals surface area contributed by atoms with Crippen molar-refractivity contribution < 1.29 is 23.9 Å². The van der Waals surface area contributed by atoms with Crippen molar-refractivity contribution in [2.24, 2.45) is 5.41 Å². The molecule has 0 saturated heterocycles. The van der Waals surface area contributed by atoms with Crippen molar-refractivity contribution in [1.29, 1.82) is 0 Å². The Morgan fingerprint density at radius 2 is 1.92 bits per heavy atom. The minimum atomic E-state index is -1.05. The maximum absolute atomic E-state index is 12.4. The molecule has 1 fully saturated rings. The molecule has 0 radical (unpaired) electrons. The van der Waals surface area contributed by atoms with Crippen LogP contribution in [0.15, 0.2) is 24.3 Å². The summed E-state index contributed by atoms with van der Waals surface area (Å²) in [6, 6.07) is 7.41. The lowest BCUT2D eigenvalue weighted by Gasteiger charge is -2.25. The van der Waals surface area contributed by atoms with E-state index in [0.29, 0.717) is 19.3 Å². The van der Waals surface area contributed by atoms with Gasteiger partial charge in [-0.3, -0.25) is 14.4 Å². The molecule has 2 rings (SSSR count). The average molecular weight is 332 g/mol. The van der Waals surface area contributed by atoms with Gasteiger partial charge in [0.05, 0.1) is 19.6 Å². The van der Waals surface area contributed by atoms with Gasteiger partial charge in [-0.15, -0.1) is 0 Å². The van der Waals surface area contributed by atoms with Gasteiger partial charge in [0, 0.05) is 6.42 Å². The summed E-state index contributed by atoms with van der Waals surface area (Å²) in [5.41, 5.74) is 0.679.